The van der Waals surface area contributed by atoms with Crippen molar-refractivity contribution >= 4 is 21.6 Å². The number of hydrogen-bond donors (Lipinski definition) is 4. The molecule has 21 heavy (non-hydrogen) atoms. The van der Waals surface area contributed by atoms with Crippen LogP contribution in [0.4, 0.5) is 5.69 Å². The molecule has 0 unspecified atom stereocenters. The van der Waals surface area contributed by atoms with Gasteiger partial charge >= 0.3 is 0 Å². The predicted octanol–water partition coefficient (Wildman–Crippen LogP) is -3.31. The quantitative estimate of drug-likeness (QED) is 0.468. The highest BCUT2D eigenvalue weighted by Gasteiger charge is 2.22. The summed E-state index contributed by atoms with van der Waals surface area (Å²) in [6.07, 6.45) is 0. The standard InChI is InChI=1S/C13H20N4O3S/c1-16-6-8-17(9-7-16)10-13(18)15-11-2-4-12(5-3-11)21(14,19)20/h2-5H,6-10H2,1H3,(H,15,18)(H2,14,19,20)/p+2. The van der Waals surface area contributed by atoms with Crippen LogP contribution < -0.4 is 20.3 Å². The maximum atomic E-state index is 12.0. The van der Waals surface area contributed by atoms with Crippen molar-refractivity contribution < 1.29 is 23.0 Å². The zero-order chi connectivity index (χ0) is 15.5. The van der Waals surface area contributed by atoms with Crippen LogP contribution in [0.1, 0.15) is 0 Å². The summed E-state index contributed by atoms with van der Waals surface area (Å²) in [5.41, 5.74) is 0.576. The molecule has 0 bridgehead atoms. The summed E-state index contributed by atoms with van der Waals surface area (Å²) >= 11 is 0. The molecule has 1 aromatic rings. The van der Waals surface area contributed by atoms with Crippen LogP contribution in [0.15, 0.2) is 29.2 Å². The summed E-state index contributed by atoms with van der Waals surface area (Å²) in [6, 6.07) is 5.86. The Morgan fingerprint density at radius 1 is 1.19 bits per heavy atom. The molecule has 7 nitrogen and oxygen atoms in total. The lowest BCUT2D eigenvalue weighted by Gasteiger charge is -2.26. The second-order valence-electron chi connectivity index (χ2n) is 5.50. The summed E-state index contributed by atoms with van der Waals surface area (Å²) in [4.78, 5) is 14.8. The SMILES string of the molecule is C[NH+]1CC[NH+](CC(=O)Nc2ccc(S(N)(=O)=O)cc2)CC1. The molecule has 1 aliphatic heterocycles. The van der Waals surface area contributed by atoms with E-state index in [1.165, 1.54) is 21.9 Å². The molecule has 2 rings (SSSR count). The van der Waals surface area contributed by atoms with Gasteiger partial charge in [-0.05, 0) is 24.3 Å². The van der Waals surface area contributed by atoms with Gasteiger partial charge in [0, 0.05) is 5.69 Å². The number of hydrogen-bond acceptors (Lipinski definition) is 3. The lowest BCUT2D eigenvalue weighted by Crippen LogP contribution is -3.27. The molecule has 1 saturated heterocycles. The fourth-order valence-electron chi connectivity index (χ4n) is 2.37. The van der Waals surface area contributed by atoms with Gasteiger partial charge in [-0.25, -0.2) is 13.6 Å². The third kappa shape index (κ3) is 4.78. The highest BCUT2D eigenvalue weighted by molar-refractivity contribution is 7.89. The van der Waals surface area contributed by atoms with Gasteiger partial charge in [0.15, 0.2) is 6.54 Å². The van der Waals surface area contributed by atoms with Crippen LogP contribution in [0.25, 0.3) is 0 Å². The Morgan fingerprint density at radius 3 is 2.29 bits per heavy atom. The number of carbonyl (C=O) groups is 1. The normalized spacial score (nSPS) is 22.8. The summed E-state index contributed by atoms with van der Waals surface area (Å²) in [5.74, 6) is -0.0621. The molecule has 0 aromatic heterocycles. The fourth-order valence-corrected chi connectivity index (χ4v) is 2.88. The maximum absolute atomic E-state index is 12.0. The van der Waals surface area contributed by atoms with Crippen molar-refractivity contribution in [2.45, 2.75) is 4.90 Å². The minimum absolute atomic E-state index is 0.0353. The Balaban J connectivity index is 1.88. The Labute approximate surface area is 124 Å². The molecule has 0 atom stereocenters. The van der Waals surface area contributed by atoms with Gasteiger partial charge in [-0.2, -0.15) is 0 Å². The summed E-state index contributed by atoms with van der Waals surface area (Å²) in [7, 11) is -1.54. The first kappa shape index (κ1) is 15.9. The highest BCUT2D eigenvalue weighted by atomic mass is 32.2. The van der Waals surface area contributed by atoms with Gasteiger partial charge in [-0.3, -0.25) is 4.79 Å². The molecule has 1 fully saturated rings. The minimum Gasteiger partial charge on any atom is -0.328 e. The van der Waals surface area contributed by atoms with Gasteiger partial charge in [-0.1, -0.05) is 0 Å². The molecule has 0 saturated carbocycles. The van der Waals surface area contributed by atoms with Crippen molar-refractivity contribution in [1.29, 1.82) is 0 Å². The summed E-state index contributed by atoms with van der Waals surface area (Å²) in [6.45, 7) is 4.56. The van der Waals surface area contributed by atoms with E-state index in [-0.39, 0.29) is 10.8 Å². The Hall–Kier alpha value is -1.48. The van der Waals surface area contributed by atoms with E-state index in [9.17, 15) is 13.2 Å². The van der Waals surface area contributed by atoms with Gasteiger partial charge in [-0.15, -0.1) is 0 Å². The predicted molar refractivity (Wildman–Crippen MR) is 78.6 cm³/mol. The number of likely N-dealkylation sites (N-methyl/N-ethyl adjacent to an activating group) is 1. The van der Waals surface area contributed by atoms with Crippen molar-refractivity contribution in [1.82, 2.24) is 0 Å². The molecule has 0 radical (unpaired) electrons. The summed E-state index contributed by atoms with van der Waals surface area (Å²) in [5, 5.41) is 7.80. The Bertz CT molecular complexity index is 592. The largest absolute Gasteiger partial charge is 0.328 e. The van der Waals surface area contributed by atoms with Crippen LogP contribution in [0.3, 0.4) is 0 Å². The molecule has 0 aliphatic carbocycles. The molecule has 1 heterocycles. The number of sulfonamides is 1. The molecule has 5 N–H and O–H groups in total. The number of quaternary nitrogens is 2. The first-order valence-electron chi connectivity index (χ1n) is 6.92. The molecule has 8 heteroatoms. The van der Waals surface area contributed by atoms with E-state index in [1.54, 1.807) is 12.1 Å². The topological polar surface area (TPSA) is 98.1 Å². The number of nitrogens with two attached hydrogens (primary N) is 1. The maximum Gasteiger partial charge on any atom is 0.279 e. The molecular formula is C13H22N4O3S+2. The lowest BCUT2D eigenvalue weighted by molar-refractivity contribution is -0.999. The molecular weight excluding hydrogens is 292 g/mol. The van der Waals surface area contributed by atoms with Crippen LogP contribution in [-0.2, 0) is 14.8 Å². The smallest absolute Gasteiger partial charge is 0.279 e. The second-order valence-corrected chi connectivity index (χ2v) is 7.06. The number of anilines is 1. The Morgan fingerprint density at radius 2 is 1.76 bits per heavy atom. The average molecular weight is 314 g/mol. The van der Waals surface area contributed by atoms with Crippen molar-refractivity contribution in [3.8, 4) is 0 Å². The molecule has 1 aliphatic rings. The number of rotatable bonds is 4. The van der Waals surface area contributed by atoms with Gasteiger partial charge in [0.1, 0.15) is 26.2 Å². The highest BCUT2D eigenvalue weighted by Crippen LogP contribution is 2.12. The van der Waals surface area contributed by atoms with Gasteiger partial charge in [0.25, 0.3) is 5.91 Å². The zero-order valence-electron chi connectivity index (χ0n) is 12.1. The van der Waals surface area contributed by atoms with E-state index < -0.39 is 10.0 Å². The zero-order valence-corrected chi connectivity index (χ0v) is 12.9. The minimum atomic E-state index is -3.70. The van der Waals surface area contributed by atoms with Crippen molar-refractivity contribution in [2.24, 2.45) is 5.14 Å². The molecule has 0 spiro atoms. The first-order chi connectivity index (χ1) is 9.84. The second kappa shape index (κ2) is 6.52. The first-order valence-corrected chi connectivity index (χ1v) is 8.47. The average Bonchev–Trinajstić information content (AvgIpc) is 2.41. The van der Waals surface area contributed by atoms with Crippen LogP contribution in [0.5, 0.6) is 0 Å². The van der Waals surface area contributed by atoms with Gasteiger partial charge < -0.3 is 15.1 Å². The number of amides is 1. The van der Waals surface area contributed by atoms with Crippen molar-refractivity contribution in [3.05, 3.63) is 24.3 Å². The van der Waals surface area contributed by atoms with Crippen molar-refractivity contribution in [3.63, 3.8) is 0 Å². The van der Waals surface area contributed by atoms with Crippen LogP contribution in [0, 0.1) is 0 Å². The number of nitrogens with one attached hydrogen (secondary N) is 3. The van der Waals surface area contributed by atoms with E-state index >= 15 is 0 Å². The van der Waals surface area contributed by atoms with E-state index in [0.29, 0.717) is 12.2 Å². The Kier molecular flexibility index (Phi) is 4.94. The molecule has 1 aromatic carbocycles. The van der Waals surface area contributed by atoms with E-state index in [1.807, 2.05) is 0 Å². The lowest BCUT2D eigenvalue weighted by atomic mass is 10.3. The fraction of sp³-hybridized carbons (Fsp3) is 0.462. The monoisotopic (exact) mass is 314 g/mol. The van der Waals surface area contributed by atoms with Gasteiger partial charge in [0.2, 0.25) is 10.0 Å². The summed E-state index contributed by atoms with van der Waals surface area (Å²) < 4.78 is 22.3. The molecule has 116 valence electrons. The van der Waals surface area contributed by atoms with E-state index in [4.69, 9.17) is 5.14 Å². The van der Waals surface area contributed by atoms with Crippen molar-refractivity contribution in [2.75, 3.05) is 45.1 Å². The third-order valence-electron chi connectivity index (χ3n) is 3.69. The number of piperazine rings is 1. The van der Waals surface area contributed by atoms with E-state index in [0.717, 1.165) is 26.2 Å². The van der Waals surface area contributed by atoms with E-state index in [2.05, 4.69) is 12.4 Å². The number of carbonyl (C=O) groups excluding carboxylic acids is 1. The molecule has 1 amide bonds. The van der Waals surface area contributed by atoms with Crippen LogP contribution >= 0.6 is 0 Å². The van der Waals surface area contributed by atoms with Crippen LogP contribution in [-0.4, -0.2) is 54.1 Å². The van der Waals surface area contributed by atoms with Gasteiger partial charge in [0.05, 0.1) is 11.9 Å². The third-order valence-corrected chi connectivity index (χ3v) is 4.62. The van der Waals surface area contributed by atoms with Crippen LogP contribution in [0.2, 0.25) is 0 Å². The number of benzene rings is 1. The number of primary sulfonamides is 1.